The number of amides is 1. The summed E-state index contributed by atoms with van der Waals surface area (Å²) in [6, 6.07) is 2.17. The van der Waals surface area contributed by atoms with Crippen LogP contribution < -0.4 is 0 Å². The summed E-state index contributed by atoms with van der Waals surface area (Å²) in [6.07, 6.45) is 7.69. The van der Waals surface area contributed by atoms with Crippen LogP contribution in [0.5, 0.6) is 0 Å². The lowest BCUT2D eigenvalue weighted by molar-refractivity contribution is 0.0648. The zero-order valence-electron chi connectivity index (χ0n) is 17.4. The minimum Gasteiger partial charge on any atom is -0.327 e. The van der Waals surface area contributed by atoms with Crippen LogP contribution in [0.2, 0.25) is 0 Å². The van der Waals surface area contributed by atoms with Gasteiger partial charge in [0.05, 0.1) is 12.2 Å². The minimum absolute atomic E-state index is 0.114. The molecule has 5 rings (SSSR count). The smallest absolute Gasteiger partial charge is 0.294 e. The van der Waals surface area contributed by atoms with Crippen molar-refractivity contribution in [3.63, 3.8) is 0 Å². The Balaban J connectivity index is 1.51. The third-order valence-electron chi connectivity index (χ3n) is 6.35. The van der Waals surface area contributed by atoms with E-state index in [1.54, 1.807) is 4.52 Å². The van der Waals surface area contributed by atoms with Crippen LogP contribution in [0.25, 0.3) is 5.78 Å². The molecule has 1 amide bonds. The predicted molar refractivity (Wildman–Crippen MR) is 108 cm³/mol. The maximum atomic E-state index is 13.5. The van der Waals surface area contributed by atoms with E-state index < -0.39 is 0 Å². The van der Waals surface area contributed by atoms with Gasteiger partial charge in [-0.1, -0.05) is 12.8 Å². The van der Waals surface area contributed by atoms with Crippen molar-refractivity contribution in [3.05, 3.63) is 40.2 Å². The average Bonchev–Trinajstić information content (AvgIpc) is 3.45. The molecule has 0 aromatic carbocycles. The minimum atomic E-state index is -0.114. The zero-order chi connectivity index (χ0) is 20.1. The van der Waals surface area contributed by atoms with Crippen LogP contribution in [0.4, 0.5) is 0 Å². The van der Waals surface area contributed by atoms with Crippen molar-refractivity contribution < 1.29 is 4.79 Å². The van der Waals surface area contributed by atoms with Gasteiger partial charge in [-0.05, 0) is 57.6 Å². The van der Waals surface area contributed by atoms with Crippen molar-refractivity contribution in [1.29, 1.82) is 0 Å². The highest BCUT2D eigenvalue weighted by Crippen LogP contribution is 2.30. The van der Waals surface area contributed by atoms with E-state index in [1.165, 1.54) is 17.7 Å². The van der Waals surface area contributed by atoms with Crippen LogP contribution in [0.1, 0.15) is 71.1 Å². The first-order chi connectivity index (χ1) is 14.0. The molecule has 2 aliphatic rings. The first-order valence-corrected chi connectivity index (χ1v) is 10.6. The lowest BCUT2D eigenvalue weighted by Crippen LogP contribution is -2.39. The second kappa shape index (κ2) is 6.93. The molecule has 0 spiro atoms. The van der Waals surface area contributed by atoms with Gasteiger partial charge in [0.15, 0.2) is 0 Å². The van der Waals surface area contributed by atoms with Crippen molar-refractivity contribution in [2.45, 2.75) is 71.4 Å². The molecule has 0 bridgehead atoms. The van der Waals surface area contributed by atoms with E-state index in [0.29, 0.717) is 12.3 Å². The summed E-state index contributed by atoms with van der Waals surface area (Å²) in [6.45, 7) is 4.42. The summed E-state index contributed by atoms with van der Waals surface area (Å²) in [5.74, 6) is 0.596. The molecule has 3 aromatic rings. The van der Waals surface area contributed by atoms with Gasteiger partial charge in [0.2, 0.25) is 5.82 Å². The summed E-state index contributed by atoms with van der Waals surface area (Å²) in [4.78, 5) is 24.4. The number of aryl methyl sites for hydroxylation is 3. The molecular weight excluding hydrogens is 366 g/mol. The fraction of sp³-hybridized carbons (Fsp3) is 0.571. The largest absolute Gasteiger partial charge is 0.327 e. The van der Waals surface area contributed by atoms with Gasteiger partial charge in [0.1, 0.15) is 0 Å². The lowest BCUT2D eigenvalue weighted by Gasteiger charge is -2.27. The standard InChI is InChI=1S/C21H27N7O/c1-13-11-14(2)28-21(22-13)23-19(25-28)20(29)27(15-7-4-5-8-15)12-17-16-9-6-10-18(16)26(3)24-17/h11,15H,4-10,12H2,1-3H3. The molecule has 29 heavy (non-hydrogen) atoms. The van der Waals surface area contributed by atoms with Gasteiger partial charge in [-0.15, -0.1) is 5.10 Å². The molecule has 0 unspecified atom stereocenters. The Labute approximate surface area is 169 Å². The lowest BCUT2D eigenvalue weighted by atomic mass is 10.1. The van der Waals surface area contributed by atoms with Gasteiger partial charge in [0.25, 0.3) is 11.7 Å². The van der Waals surface area contributed by atoms with E-state index in [0.717, 1.165) is 55.6 Å². The monoisotopic (exact) mass is 393 g/mol. The van der Waals surface area contributed by atoms with Crippen LogP contribution in [-0.2, 0) is 26.4 Å². The van der Waals surface area contributed by atoms with E-state index in [1.807, 2.05) is 36.5 Å². The Kier molecular flexibility index (Phi) is 4.37. The van der Waals surface area contributed by atoms with E-state index in [2.05, 4.69) is 15.1 Å². The highest BCUT2D eigenvalue weighted by atomic mass is 16.2. The fourth-order valence-electron chi connectivity index (χ4n) is 4.95. The van der Waals surface area contributed by atoms with Gasteiger partial charge in [-0.25, -0.2) is 9.50 Å². The van der Waals surface area contributed by atoms with Crippen LogP contribution in [0, 0.1) is 13.8 Å². The summed E-state index contributed by atoms with van der Waals surface area (Å²) < 4.78 is 3.65. The number of nitrogens with zero attached hydrogens (tertiary/aromatic N) is 7. The first kappa shape index (κ1) is 18.3. The maximum Gasteiger partial charge on any atom is 0.294 e. The quantitative estimate of drug-likeness (QED) is 0.680. The molecule has 0 aliphatic heterocycles. The molecule has 0 radical (unpaired) electrons. The highest BCUT2D eigenvalue weighted by Gasteiger charge is 2.32. The van der Waals surface area contributed by atoms with E-state index in [-0.39, 0.29) is 17.8 Å². The second-order valence-electron chi connectivity index (χ2n) is 8.41. The zero-order valence-corrected chi connectivity index (χ0v) is 17.4. The number of fused-ring (bicyclic) bond motifs is 2. The second-order valence-corrected chi connectivity index (χ2v) is 8.41. The molecule has 3 aromatic heterocycles. The molecule has 8 heteroatoms. The summed E-state index contributed by atoms with van der Waals surface area (Å²) in [5, 5.41) is 9.24. The van der Waals surface area contributed by atoms with Gasteiger partial charge in [-0.3, -0.25) is 9.48 Å². The Hall–Kier alpha value is -2.77. The van der Waals surface area contributed by atoms with E-state index >= 15 is 0 Å². The maximum absolute atomic E-state index is 13.5. The molecule has 1 saturated carbocycles. The Morgan fingerprint density at radius 2 is 1.93 bits per heavy atom. The third-order valence-corrected chi connectivity index (χ3v) is 6.35. The normalized spacial score (nSPS) is 16.7. The number of hydrogen-bond acceptors (Lipinski definition) is 5. The number of carbonyl (C=O) groups is 1. The molecule has 0 atom stereocenters. The van der Waals surface area contributed by atoms with Gasteiger partial charge in [0, 0.05) is 30.2 Å². The van der Waals surface area contributed by atoms with Gasteiger partial charge in [-0.2, -0.15) is 10.1 Å². The number of rotatable bonds is 4. The predicted octanol–water partition coefficient (Wildman–Crippen LogP) is 2.55. The van der Waals surface area contributed by atoms with Crippen molar-refractivity contribution in [2.24, 2.45) is 7.05 Å². The van der Waals surface area contributed by atoms with Crippen LogP contribution in [0.3, 0.4) is 0 Å². The Morgan fingerprint density at radius 3 is 2.72 bits per heavy atom. The summed E-state index contributed by atoms with van der Waals surface area (Å²) in [5.41, 5.74) is 5.49. The average molecular weight is 393 g/mol. The first-order valence-electron chi connectivity index (χ1n) is 10.6. The summed E-state index contributed by atoms with van der Waals surface area (Å²) >= 11 is 0. The Morgan fingerprint density at radius 1 is 1.14 bits per heavy atom. The van der Waals surface area contributed by atoms with Crippen molar-refractivity contribution in [1.82, 2.24) is 34.3 Å². The third kappa shape index (κ3) is 3.10. The molecule has 0 N–H and O–H groups in total. The molecule has 152 valence electrons. The van der Waals surface area contributed by atoms with Crippen LogP contribution in [-0.4, -0.2) is 46.2 Å². The van der Waals surface area contributed by atoms with Gasteiger partial charge < -0.3 is 4.90 Å². The molecule has 2 aliphatic carbocycles. The van der Waals surface area contributed by atoms with E-state index in [4.69, 9.17) is 5.10 Å². The molecule has 0 saturated heterocycles. The topological polar surface area (TPSA) is 81.2 Å². The Bertz CT molecular complexity index is 1090. The number of aromatic nitrogens is 6. The van der Waals surface area contributed by atoms with Crippen LogP contribution in [0.15, 0.2) is 6.07 Å². The fourth-order valence-corrected chi connectivity index (χ4v) is 4.95. The molecule has 8 nitrogen and oxygen atoms in total. The van der Waals surface area contributed by atoms with Gasteiger partial charge >= 0.3 is 0 Å². The highest BCUT2D eigenvalue weighted by molar-refractivity contribution is 5.91. The van der Waals surface area contributed by atoms with Crippen molar-refractivity contribution in [3.8, 4) is 0 Å². The summed E-state index contributed by atoms with van der Waals surface area (Å²) in [7, 11) is 2.01. The number of carbonyl (C=O) groups excluding carboxylic acids is 1. The molecular formula is C21H27N7O. The van der Waals surface area contributed by atoms with Crippen molar-refractivity contribution >= 4 is 11.7 Å². The van der Waals surface area contributed by atoms with E-state index in [9.17, 15) is 4.79 Å². The SMILES string of the molecule is Cc1cc(C)n2nc(C(=O)N(Cc3nn(C)c4c3CCC4)C3CCCC3)nc2n1. The van der Waals surface area contributed by atoms with Crippen LogP contribution >= 0.6 is 0 Å². The van der Waals surface area contributed by atoms with Crippen molar-refractivity contribution in [2.75, 3.05) is 0 Å². The number of hydrogen-bond donors (Lipinski definition) is 0. The molecule has 3 heterocycles. The molecule has 1 fully saturated rings.